The lowest BCUT2D eigenvalue weighted by Crippen LogP contribution is -2.14. The quantitative estimate of drug-likeness (QED) is 0.810. The SMILES string of the molecule is CC(C)c1cc(CCC[C@H](C)N)ccc1F. The van der Waals surface area contributed by atoms with E-state index in [1.807, 2.05) is 32.9 Å². The molecule has 0 saturated heterocycles. The number of halogens is 1. The van der Waals surface area contributed by atoms with E-state index in [1.54, 1.807) is 6.07 Å². The fourth-order valence-electron chi connectivity index (χ4n) is 1.82. The Labute approximate surface area is 97.9 Å². The molecule has 0 spiro atoms. The summed E-state index contributed by atoms with van der Waals surface area (Å²) in [5.41, 5.74) is 7.73. The molecular formula is C14H22FN. The lowest BCUT2D eigenvalue weighted by molar-refractivity contribution is 0.594. The highest BCUT2D eigenvalue weighted by Crippen LogP contribution is 2.20. The zero-order valence-electron chi connectivity index (χ0n) is 10.5. The third-order valence-electron chi connectivity index (χ3n) is 2.81. The molecule has 0 unspecified atom stereocenters. The van der Waals surface area contributed by atoms with E-state index in [9.17, 15) is 4.39 Å². The minimum absolute atomic E-state index is 0.0917. The van der Waals surface area contributed by atoms with Crippen LogP contribution in [0, 0.1) is 5.82 Å². The Morgan fingerprint density at radius 1 is 1.25 bits per heavy atom. The lowest BCUT2D eigenvalue weighted by Gasteiger charge is -2.10. The predicted octanol–water partition coefficient (Wildman–Crippen LogP) is 3.62. The molecule has 0 aliphatic rings. The summed E-state index contributed by atoms with van der Waals surface area (Å²) in [7, 11) is 0. The van der Waals surface area contributed by atoms with E-state index in [-0.39, 0.29) is 17.8 Å². The zero-order valence-corrected chi connectivity index (χ0v) is 10.5. The maximum absolute atomic E-state index is 13.5. The van der Waals surface area contributed by atoms with Gasteiger partial charge in [0.05, 0.1) is 0 Å². The first-order valence-corrected chi connectivity index (χ1v) is 6.04. The van der Waals surface area contributed by atoms with Gasteiger partial charge >= 0.3 is 0 Å². The van der Waals surface area contributed by atoms with Gasteiger partial charge in [0, 0.05) is 6.04 Å². The first-order chi connectivity index (χ1) is 7.50. The molecule has 0 fully saturated rings. The van der Waals surface area contributed by atoms with Gasteiger partial charge in [-0.25, -0.2) is 4.39 Å². The van der Waals surface area contributed by atoms with Crippen LogP contribution in [0.4, 0.5) is 4.39 Å². The smallest absolute Gasteiger partial charge is 0.126 e. The van der Waals surface area contributed by atoms with Crippen molar-refractivity contribution in [2.24, 2.45) is 5.73 Å². The van der Waals surface area contributed by atoms with Crippen LogP contribution in [0.1, 0.15) is 50.7 Å². The Kier molecular flexibility index (Phi) is 4.94. The molecule has 90 valence electrons. The topological polar surface area (TPSA) is 26.0 Å². The van der Waals surface area contributed by atoms with E-state index in [0.717, 1.165) is 24.8 Å². The summed E-state index contributed by atoms with van der Waals surface area (Å²) in [6.07, 6.45) is 3.08. The van der Waals surface area contributed by atoms with E-state index in [2.05, 4.69) is 0 Å². The highest BCUT2D eigenvalue weighted by molar-refractivity contribution is 5.27. The van der Waals surface area contributed by atoms with Crippen LogP contribution in [-0.4, -0.2) is 6.04 Å². The average molecular weight is 223 g/mol. The number of benzene rings is 1. The van der Waals surface area contributed by atoms with Crippen molar-refractivity contribution in [1.29, 1.82) is 0 Å². The van der Waals surface area contributed by atoms with E-state index >= 15 is 0 Å². The molecular weight excluding hydrogens is 201 g/mol. The van der Waals surface area contributed by atoms with Crippen molar-refractivity contribution in [3.63, 3.8) is 0 Å². The fourth-order valence-corrected chi connectivity index (χ4v) is 1.82. The first-order valence-electron chi connectivity index (χ1n) is 6.04. The molecule has 0 aromatic heterocycles. The molecule has 1 aromatic carbocycles. The Hall–Kier alpha value is -0.890. The van der Waals surface area contributed by atoms with Gasteiger partial charge in [0.25, 0.3) is 0 Å². The van der Waals surface area contributed by atoms with Gasteiger partial charge in [-0.1, -0.05) is 26.0 Å². The molecule has 0 heterocycles. The standard InChI is InChI=1S/C14H22FN/c1-10(2)13-9-12(7-8-14(13)15)6-4-5-11(3)16/h7-11H,4-6,16H2,1-3H3/t11-/m0/s1. The van der Waals surface area contributed by atoms with Crippen molar-refractivity contribution >= 4 is 0 Å². The van der Waals surface area contributed by atoms with Crippen LogP contribution in [0.15, 0.2) is 18.2 Å². The van der Waals surface area contributed by atoms with Crippen LogP contribution in [0.2, 0.25) is 0 Å². The second-order valence-electron chi connectivity index (χ2n) is 4.88. The molecule has 0 bridgehead atoms. The molecule has 0 saturated carbocycles. The minimum atomic E-state index is -0.0917. The number of rotatable bonds is 5. The van der Waals surface area contributed by atoms with Gasteiger partial charge in [-0.2, -0.15) is 0 Å². The zero-order chi connectivity index (χ0) is 12.1. The summed E-state index contributed by atoms with van der Waals surface area (Å²) < 4.78 is 13.5. The van der Waals surface area contributed by atoms with E-state index in [1.165, 1.54) is 5.56 Å². The van der Waals surface area contributed by atoms with Crippen molar-refractivity contribution in [3.8, 4) is 0 Å². The van der Waals surface area contributed by atoms with Crippen LogP contribution in [-0.2, 0) is 6.42 Å². The molecule has 2 heteroatoms. The molecule has 0 radical (unpaired) electrons. The minimum Gasteiger partial charge on any atom is -0.328 e. The van der Waals surface area contributed by atoms with E-state index in [4.69, 9.17) is 5.73 Å². The molecule has 1 rings (SSSR count). The fraction of sp³-hybridized carbons (Fsp3) is 0.571. The molecule has 2 N–H and O–H groups in total. The maximum Gasteiger partial charge on any atom is 0.126 e. The van der Waals surface area contributed by atoms with Gasteiger partial charge < -0.3 is 5.73 Å². The summed E-state index contributed by atoms with van der Waals surface area (Å²) in [5.74, 6) is 0.152. The number of aryl methyl sites for hydroxylation is 1. The Morgan fingerprint density at radius 2 is 1.94 bits per heavy atom. The van der Waals surface area contributed by atoms with Crippen LogP contribution in [0.5, 0.6) is 0 Å². The summed E-state index contributed by atoms with van der Waals surface area (Å²) in [6, 6.07) is 5.70. The van der Waals surface area contributed by atoms with Crippen molar-refractivity contribution in [1.82, 2.24) is 0 Å². The summed E-state index contributed by atoms with van der Waals surface area (Å²) >= 11 is 0. The third kappa shape index (κ3) is 3.93. The summed E-state index contributed by atoms with van der Waals surface area (Å²) in [4.78, 5) is 0. The summed E-state index contributed by atoms with van der Waals surface area (Å²) in [6.45, 7) is 6.05. The lowest BCUT2D eigenvalue weighted by atomic mass is 9.97. The molecule has 16 heavy (non-hydrogen) atoms. The summed E-state index contributed by atoms with van der Waals surface area (Å²) in [5, 5.41) is 0. The van der Waals surface area contributed by atoms with Crippen molar-refractivity contribution < 1.29 is 4.39 Å². The number of nitrogens with two attached hydrogens (primary N) is 1. The van der Waals surface area contributed by atoms with Crippen LogP contribution in [0.3, 0.4) is 0 Å². The second-order valence-corrected chi connectivity index (χ2v) is 4.88. The van der Waals surface area contributed by atoms with E-state index < -0.39 is 0 Å². The molecule has 1 atom stereocenters. The Morgan fingerprint density at radius 3 is 2.50 bits per heavy atom. The van der Waals surface area contributed by atoms with Gasteiger partial charge in [-0.05, 0) is 49.3 Å². The maximum atomic E-state index is 13.5. The van der Waals surface area contributed by atoms with Gasteiger partial charge in [-0.15, -0.1) is 0 Å². The highest BCUT2D eigenvalue weighted by Gasteiger charge is 2.07. The van der Waals surface area contributed by atoms with E-state index in [0.29, 0.717) is 0 Å². The molecule has 0 aliphatic carbocycles. The normalized spacial score (nSPS) is 13.1. The molecule has 1 aromatic rings. The van der Waals surface area contributed by atoms with Crippen molar-refractivity contribution in [3.05, 3.63) is 35.1 Å². The van der Waals surface area contributed by atoms with Crippen molar-refractivity contribution in [2.75, 3.05) is 0 Å². The molecule has 1 nitrogen and oxygen atoms in total. The molecule has 0 aliphatic heterocycles. The molecule has 0 amide bonds. The second kappa shape index (κ2) is 6.00. The van der Waals surface area contributed by atoms with Gasteiger partial charge in [-0.3, -0.25) is 0 Å². The van der Waals surface area contributed by atoms with Gasteiger partial charge in [0.1, 0.15) is 5.82 Å². The van der Waals surface area contributed by atoms with Crippen LogP contribution < -0.4 is 5.73 Å². The largest absolute Gasteiger partial charge is 0.328 e. The van der Waals surface area contributed by atoms with Crippen LogP contribution in [0.25, 0.3) is 0 Å². The van der Waals surface area contributed by atoms with Gasteiger partial charge in [0.15, 0.2) is 0 Å². The monoisotopic (exact) mass is 223 g/mol. The number of hydrogen-bond acceptors (Lipinski definition) is 1. The van der Waals surface area contributed by atoms with Crippen LogP contribution >= 0.6 is 0 Å². The first kappa shape index (κ1) is 13.2. The van der Waals surface area contributed by atoms with Gasteiger partial charge in [0.2, 0.25) is 0 Å². The number of hydrogen-bond donors (Lipinski definition) is 1. The Bertz CT molecular complexity index is 332. The van der Waals surface area contributed by atoms with Crippen molar-refractivity contribution in [2.45, 2.75) is 52.0 Å². The predicted molar refractivity (Wildman–Crippen MR) is 67.1 cm³/mol. The highest BCUT2D eigenvalue weighted by atomic mass is 19.1. The average Bonchev–Trinajstić information content (AvgIpc) is 2.19. The Balaban J connectivity index is 2.64. The third-order valence-corrected chi connectivity index (χ3v) is 2.81.